The van der Waals surface area contributed by atoms with Gasteiger partial charge in [-0.3, -0.25) is 4.79 Å². The maximum atomic E-state index is 13.5. The van der Waals surface area contributed by atoms with Gasteiger partial charge in [0.1, 0.15) is 18.2 Å². The van der Waals surface area contributed by atoms with Crippen LogP contribution in [0.15, 0.2) is 77.9 Å². The highest BCUT2D eigenvalue weighted by Crippen LogP contribution is 2.24. The van der Waals surface area contributed by atoms with Crippen molar-refractivity contribution in [2.45, 2.75) is 45.8 Å². The van der Waals surface area contributed by atoms with Gasteiger partial charge in [-0.25, -0.2) is 4.39 Å². The molecule has 0 fully saturated rings. The van der Waals surface area contributed by atoms with E-state index in [0.717, 1.165) is 28.9 Å². The molecule has 1 N–H and O–H groups in total. The van der Waals surface area contributed by atoms with E-state index in [2.05, 4.69) is 29.2 Å². The van der Waals surface area contributed by atoms with Crippen molar-refractivity contribution in [3.63, 3.8) is 0 Å². The summed E-state index contributed by atoms with van der Waals surface area (Å²) < 4.78 is 19.3. The number of aryl methyl sites for hydroxylation is 1. The zero-order chi connectivity index (χ0) is 25.0. The van der Waals surface area contributed by atoms with Gasteiger partial charge in [-0.1, -0.05) is 61.4 Å². The van der Waals surface area contributed by atoms with E-state index in [9.17, 15) is 9.18 Å². The van der Waals surface area contributed by atoms with E-state index in [4.69, 9.17) is 10.3 Å². The van der Waals surface area contributed by atoms with Crippen molar-refractivity contribution in [3.05, 3.63) is 111 Å². The zero-order valence-electron chi connectivity index (χ0n) is 20.2. The Balaban J connectivity index is 1.83. The van der Waals surface area contributed by atoms with Crippen molar-refractivity contribution in [3.8, 4) is 5.75 Å². The topological polar surface area (TPSA) is 87.1 Å². The lowest BCUT2D eigenvalue weighted by Crippen LogP contribution is -2.30. The van der Waals surface area contributed by atoms with E-state index in [1.807, 2.05) is 48.5 Å². The lowest BCUT2D eigenvalue weighted by molar-refractivity contribution is 0.0930. The molecule has 182 valence electrons. The monoisotopic (exact) mass is 474 g/mol. The first kappa shape index (κ1) is 25.8. The minimum absolute atomic E-state index is 0.194. The second kappa shape index (κ2) is 13.2. The van der Waals surface area contributed by atoms with Gasteiger partial charge in [0.15, 0.2) is 0 Å². The van der Waals surface area contributed by atoms with Crippen molar-refractivity contribution in [1.82, 2.24) is 5.32 Å². The van der Waals surface area contributed by atoms with Gasteiger partial charge in [-0.2, -0.15) is 0 Å². The summed E-state index contributed by atoms with van der Waals surface area (Å²) in [5, 5.41) is 6.76. The quantitative estimate of drug-likeness (QED) is 0.131. The Hall–Kier alpha value is -3.83. The third-order valence-electron chi connectivity index (χ3n) is 5.62. The summed E-state index contributed by atoms with van der Waals surface area (Å²) in [7, 11) is 0. The van der Waals surface area contributed by atoms with Crippen molar-refractivity contribution in [2.24, 2.45) is 11.0 Å². The first-order valence-corrected chi connectivity index (χ1v) is 11.8. The molecular formula is C28H31FN4O2. The summed E-state index contributed by atoms with van der Waals surface area (Å²) in [6, 6.07) is 21.3. The molecule has 3 aromatic carbocycles. The van der Waals surface area contributed by atoms with Gasteiger partial charge in [-0.15, -0.1) is 0 Å². The predicted octanol–water partition coefficient (Wildman–Crippen LogP) is 7.16. The first-order valence-electron chi connectivity index (χ1n) is 11.8. The fourth-order valence-corrected chi connectivity index (χ4v) is 3.89. The number of hydrogen-bond acceptors (Lipinski definition) is 3. The van der Waals surface area contributed by atoms with Gasteiger partial charge in [0.2, 0.25) is 0 Å². The molecule has 1 unspecified atom stereocenters. The largest absolute Gasteiger partial charge is 0.489 e. The standard InChI is InChI=1S/C28H31FN4O2/c1-20(2)17-27(23-12-14-24(29)15-13-23)32-28(34)26-18-21(19-35-25-8-4-3-5-9-25)10-11-22(26)7-6-16-31-33-30/h3-5,8-15,18,20,27H,6-7,16-17,19H2,1-2H3,(H,32,34). The van der Waals surface area contributed by atoms with Gasteiger partial charge < -0.3 is 10.1 Å². The molecule has 0 bridgehead atoms. The summed E-state index contributed by atoms with van der Waals surface area (Å²) >= 11 is 0. The van der Waals surface area contributed by atoms with Crippen LogP contribution in [-0.4, -0.2) is 12.5 Å². The molecule has 0 radical (unpaired) electrons. The Bertz CT molecular complexity index is 1140. The van der Waals surface area contributed by atoms with Crippen LogP contribution in [-0.2, 0) is 13.0 Å². The van der Waals surface area contributed by atoms with Crippen LogP contribution in [0.3, 0.4) is 0 Å². The van der Waals surface area contributed by atoms with Crippen LogP contribution in [0.4, 0.5) is 4.39 Å². The van der Waals surface area contributed by atoms with Crippen LogP contribution in [0.25, 0.3) is 10.4 Å². The fourth-order valence-electron chi connectivity index (χ4n) is 3.89. The number of halogens is 1. The molecule has 3 aromatic rings. The number of amides is 1. The molecule has 1 atom stereocenters. The minimum atomic E-state index is -0.309. The molecule has 1 amide bonds. The van der Waals surface area contributed by atoms with Crippen LogP contribution in [0, 0.1) is 11.7 Å². The zero-order valence-corrected chi connectivity index (χ0v) is 20.2. The average molecular weight is 475 g/mol. The van der Waals surface area contributed by atoms with Crippen molar-refractivity contribution < 1.29 is 13.9 Å². The molecule has 0 aliphatic carbocycles. The Morgan fingerprint density at radius 3 is 2.51 bits per heavy atom. The smallest absolute Gasteiger partial charge is 0.252 e. The van der Waals surface area contributed by atoms with E-state index in [1.54, 1.807) is 12.1 Å². The molecule has 7 heteroatoms. The second-order valence-corrected chi connectivity index (χ2v) is 8.86. The maximum Gasteiger partial charge on any atom is 0.252 e. The molecular weight excluding hydrogens is 443 g/mol. The fraction of sp³-hybridized carbons (Fsp3) is 0.321. The van der Waals surface area contributed by atoms with E-state index >= 15 is 0 Å². The van der Waals surface area contributed by atoms with Crippen molar-refractivity contribution >= 4 is 5.91 Å². The van der Waals surface area contributed by atoms with Crippen LogP contribution in [0.5, 0.6) is 5.75 Å². The molecule has 0 heterocycles. The molecule has 35 heavy (non-hydrogen) atoms. The number of hydrogen-bond donors (Lipinski definition) is 1. The molecule has 3 rings (SSSR count). The third-order valence-corrected chi connectivity index (χ3v) is 5.62. The first-order chi connectivity index (χ1) is 17.0. The van der Waals surface area contributed by atoms with Gasteiger partial charge in [-0.05, 0) is 77.7 Å². The number of rotatable bonds is 12. The number of benzene rings is 3. The van der Waals surface area contributed by atoms with E-state index in [1.165, 1.54) is 12.1 Å². The van der Waals surface area contributed by atoms with Gasteiger partial charge in [0, 0.05) is 17.0 Å². The maximum absolute atomic E-state index is 13.5. The Morgan fingerprint density at radius 2 is 1.83 bits per heavy atom. The van der Waals surface area contributed by atoms with Crippen LogP contribution >= 0.6 is 0 Å². The molecule has 0 saturated heterocycles. The highest BCUT2D eigenvalue weighted by Gasteiger charge is 2.20. The van der Waals surface area contributed by atoms with Crippen LogP contribution < -0.4 is 10.1 Å². The van der Waals surface area contributed by atoms with E-state index in [-0.39, 0.29) is 17.8 Å². The molecule has 0 aromatic heterocycles. The molecule has 0 saturated carbocycles. The molecule has 0 spiro atoms. The number of ether oxygens (including phenoxy) is 1. The summed E-state index contributed by atoms with van der Waals surface area (Å²) in [5.41, 5.74) is 11.7. The Labute approximate surface area is 205 Å². The number of carbonyl (C=O) groups is 1. The number of azide groups is 1. The van der Waals surface area contributed by atoms with Crippen LogP contribution in [0.2, 0.25) is 0 Å². The lowest BCUT2D eigenvalue weighted by atomic mass is 9.95. The predicted molar refractivity (Wildman–Crippen MR) is 136 cm³/mol. The highest BCUT2D eigenvalue weighted by molar-refractivity contribution is 5.96. The van der Waals surface area contributed by atoms with Gasteiger partial charge in [0.25, 0.3) is 5.91 Å². The normalized spacial score (nSPS) is 11.5. The summed E-state index contributed by atoms with van der Waals surface area (Å²) in [6.07, 6.45) is 1.96. The number of nitrogens with one attached hydrogen (secondary N) is 1. The van der Waals surface area contributed by atoms with Gasteiger partial charge in [0.05, 0.1) is 6.04 Å². The van der Waals surface area contributed by atoms with Crippen molar-refractivity contribution in [2.75, 3.05) is 6.54 Å². The molecule has 0 aliphatic heterocycles. The van der Waals surface area contributed by atoms with Crippen LogP contribution in [0.1, 0.15) is 59.8 Å². The van der Waals surface area contributed by atoms with E-state index in [0.29, 0.717) is 37.5 Å². The summed E-state index contributed by atoms with van der Waals surface area (Å²) in [5.74, 6) is 0.585. The Morgan fingerprint density at radius 1 is 1.09 bits per heavy atom. The lowest BCUT2D eigenvalue weighted by Gasteiger charge is -2.22. The average Bonchev–Trinajstić information content (AvgIpc) is 2.86. The number of nitrogens with zero attached hydrogens (tertiary/aromatic N) is 3. The molecule has 6 nitrogen and oxygen atoms in total. The van der Waals surface area contributed by atoms with Gasteiger partial charge >= 0.3 is 0 Å². The number of carbonyl (C=O) groups excluding carboxylic acids is 1. The summed E-state index contributed by atoms with van der Waals surface area (Å²) in [4.78, 5) is 16.3. The highest BCUT2D eigenvalue weighted by atomic mass is 19.1. The SMILES string of the molecule is CC(C)CC(NC(=O)c1cc(COc2ccccc2)ccc1CCCN=[N+]=[N-])c1ccc(F)cc1. The third kappa shape index (κ3) is 8.16. The summed E-state index contributed by atoms with van der Waals surface area (Å²) in [6.45, 7) is 4.87. The Kier molecular flexibility index (Phi) is 9.69. The molecule has 0 aliphatic rings. The van der Waals surface area contributed by atoms with Crippen molar-refractivity contribution in [1.29, 1.82) is 0 Å². The minimum Gasteiger partial charge on any atom is -0.489 e. The second-order valence-electron chi connectivity index (χ2n) is 8.86. The van der Waals surface area contributed by atoms with E-state index < -0.39 is 0 Å². The number of para-hydroxylation sites is 1.